The van der Waals surface area contributed by atoms with Crippen LogP contribution in [0.3, 0.4) is 0 Å². The standard InChI is InChI=1S/C29H32N4O7/c1-5-17-18-9-16(34)7-8-22(18)32-26-19(17)13-33-23(26)10-21-20(27(33)37)14-39-28(38)29(21,6-2)40-25(36)12-31-24(35)11-30-15(3)4/h7-10,15,30,34H,5-6,11-14H2,1-4H3,(H,31,35)/t29-/m0/s1. The minimum atomic E-state index is -1.85. The summed E-state index contributed by atoms with van der Waals surface area (Å²) in [6.07, 6.45) is 0.678. The van der Waals surface area contributed by atoms with E-state index in [2.05, 4.69) is 10.6 Å². The van der Waals surface area contributed by atoms with Crippen molar-refractivity contribution < 1.29 is 29.0 Å². The van der Waals surface area contributed by atoms with Gasteiger partial charge in [-0.1, -0.05) is 27.7 Å². The first-order chi connectivity index (χ1) is 19.1. The molecule has 0 saturated carbocycles. The van der Waals surface area contributed by atoms with E-state index in [4.69, 9.17) is 14.5 Å². The maximum atomic E-state index is 13.8. The number of ether oxygens (including phenoxy) is 2. The molecule has 0 spiro atoms. The van der Waals surface area contributed by atoms with Crippen molar-refractivity contribution >= 4 is 28.7 Å². The molecule has 5 rings (SSSR count). The number of aromatic hydroxyl groups is 1. The molecule has 2 aliphatic rings. The van der Waals surface area contributed by atoms with Crippen molar-refractivity contribution in [2.24, 2.45) is 0 Å². The average molecular weight is 549 g/mol. The van der Waals surface area contributed by atoms with Crippen molar-refractivity contribution in [2.75, 3.05) is 13.1 Å². The van der Waals surface area contributed by atoms with E-state index in [1.807, 2.05) is 20.8 Å². The first-order valence-electron chi connectivity index (χ1n) is 13.4. The number of pyridine rings is 2. The van der Waals surface area contributed by atoms with Gasteiger partial charge >= 0.3 is 11.9 Å². The second kappa shape index (κ2) is 10.4. The summed E-state index contributed by atoms with van der Waals surface area (Å²) in [5.41, 5.74) is 1.92. The lowest BCUT2D eigenvalue weighted by Gasteiger charge is -2.35. The van der Waals surface area contributed by atoms with E-state index in [9.17, 15) is 24.3 Å². The number of benzene rings is 1. The lowest BCUT2D eigenvalue weighted by atomic mass is 9.85. The smallest absolute Gasteiger partial charge is 0.355 e. The van der Waals surface area contributed by atoms with Crippen molar-refractivity contribution in [1.29, 1.82) is 0 Å². The third-order valence-electron chi connectivity index (χ3n) is 7.50. The van der Waals surface area contributed by atoms with E-state index >= 15 is 0 Å². The molecular formula is C29H32N4O7. The molecule has 2 aromatic heterocycles. The van der Waals surface area contributed by atoms with Crippen molar-refractivity contribution in [3.63, 3.8) is 0 Å². The Balaban J connectivity index is 1.55. The van der Waals surface area contributed by atoms with Gasteiger partial charge in [0.25, 0.3) is 5.56 Å². The molecule has 2 aliphatic heterocycles. The van der Waals surface area contributed by atoms with Gasteiger partial charge in [0.2, 0.25) is 11.5 Å². The molecule has 1 atom stereocenters. The zero-order valence-electron chi connectivity index (χ0n) is 22.9. The number of aryl methyl sites for hydroxylation is 1. The quantitative estimate of drug-likeness (QED) is 0.281. The first kappa shape index (κ1) is 27.3. The van der Waals surface area contributed by atoms with Gasteiger partial charge in [0.05, 0.1) is 35.6 Å². The van der Waals surface area contributed by atoms with Crippen LogP contribution in [0.2, 0.25) is 0 Å². The zero-order valence-corrected chi connectivity index (χ0v) is 22.9. The topological polar surface area (TPSA) is 149 Å². The van der Waals surface area contributed by atoms with Gasteiger partial charge in [-0.15, -0.1) is 0 Å². The second-order valence-corrected chi connectivity index (χ2v) is 10.3. The van der Waals surface area contributed by atoms with Crippen molar-refractivity contribution in [2.45, 2.75) is 65.3 Å². The summed E-state index contributed by atoms with van der Waals surface area (Å²) in [5.74, 6) is -1.87. The summed E-state index contributed by atoms with van der Waals surface area (Å²) in [6, 6.07) is 6.75. The Morgan fingerprint density at radius 2 is 1.95 bits per heavy atom. The van der Waals surface area contributed by atoms with Crippen LogP contribution in [0.1, 0.15) is 56.4 Å². The molecule has 210 valence electrons. The molecule has 0 saturated heterocycles. The van der Waals surface area contributed by atoms with E-state index in [0.717, 1.165) is 16.5 Å². The molecule has 0 aliphatic carbocycles. The van der Waals surface area contributed by atoms with Crippen molar-refractivity contribution in [3.8, 4) is 17.1 Å². The number of cyclic esters (lactones) is 1. The molecular weight excluding hydrogens is 516 g/mol. The highest BCUT2D eigenvalue weighted by Crippen LogP contribution is 2.42. The molecule has 4 heterocycles. The largest absolute Gasteiger partial charge is 0.508 e. The molecule has 11 nitrogen and oxygen atoms in total. The van der Waals surface area contributed by atoms with Gasteiger partial charge < -0.3 is 29.8 Å². The van der Waals surface area contributed by atoms with Gasteiger partial charge in [-0.3, -0.25) is 14.4 Å². The highest BCUT2D eigenvalue weighted by molar-refractivity contribution is 5.91. The number of hydrogen-bond acceptors (Lipinski definition) is 9. The Kier molecular flexibility index (Phi) is 7.09. The first-order valence-corrected chi connectivity index (χ1v) is 13.4. The number of fused-ring (bicyclic) bond motifs is 5. The van der Waals surface area contributed by atoms with Crippen LogP contribution in [0.25, 0.3) is 22.3 Å². The third kappa shape index (κ3) is 4.49. The number of aromatic nitrogens is 2. The second-order valence-electron chi connectivity index (χ2n) is 10.3. The van der Waals surface area contributed by atoms with Gasteiger partial charge in [0.15, 0.2) is 0 Å². The van der Waals surface area contributed by atoms with Crippen LogP contribution in [0, 0.1) is 0 Å². The fraction of sp³-hybridized carbons (Fsp3) is 0.414. The SMILES string of the molecule is CCc1c2c(nc3ccc(O)cc13)-c1cc3c(c(=O)n1C2)COC(=O)[C@@]3(CC)OC(=O)CNC(=O)CNC(C)C. The minimum Gasteiger partial charge on any atom is -0.508 e. The highest BCUT2D eigenvalue weighted by atomic mass is 16.6. The Morgan fingerprint density at radius 3 is 2.65 bits per heavy atom. The number of nitrogens with one attached hydrogen (secondary N) is 2. The monoisotopic (exact) mass is 548 g/mol. The number of phenolic OH excluding ortho intramolecular Hbond substituents is 1. The lowest BCUT2D eigenvalue weighted by molar-refractivity contribution is -0.189. The number of rotatable bonds is 8. The van der Waals surface area contributed by atoms with Crippen molar-refractivity contribution in [1.82, 2.24) is 20.2 Å². The van der Waals surface area contributed by atoms with Gasteiger partial charge in [0, 0.05) is 22.6 Å². The van der Waals surface area contributed by atoms with E-state index in [1.165, 1.54) is 0 Å². The normalized spacial score (nSPS) is 17.3. The van der Waals surface area contributed by atoms with Gasteiger partial charge in [0.1, 0.15) is 18.9 Å². The predicted molar refractivity (Wildman–Crippen MR) is 146 cm³/mol. The molecule has 3 aromatic rings. The third-order valence-corrected chi connectivity index (χ3v) is 7.50. The fourth-order valence-corrected chi connectivity index (χ4v) is 5.47. The molecule has 0 radical (unpaired) electrons. The highest BCUT2D eigenvalue weighted by Gasteiger charge is 2.50. The molecule has 11 heteroatoms. The van der Waals surface area contributed by atoms with Crippen LogP contribution in [0.5, 0.6) is 5.75 Å². The van der Waals surface area contributed by atoms with Gasteiger partial charge in [-0.25, -0.2) is 9.78 Å². The number of carbonyl (C=O) groups is 3. The van der Waals surface area contributed by atoms with Gasteiger partial charge in [-0.2, -0.15) is 0 Å². The molecule has 1 amide bonds. The number of esters is 2. The molecule has 40 heavy (non-hydrogen) atoms. The van der Waals surface area contributed by atoms with E-state index in [0.29, 0.717) is 23.3 Å². The number of hydrogen-bond donors (Lipinski definition) is 3. The van der Waals surface area contributed by atoms with Crippen LogP contribution < -0.4 is 16.2 Å². The number of nitrogens with zero attached hydrogens (tertiary/aromatic N) is 2. The number of phenols is 1. The summed E-state index contributed by atoms with van der Waals surface area (Å²) >= 11 is 0. The van der Waals surface area contributed by atoms with Crippen LogP contribution in [-0.2, 0) is 49.0 Å². The van der Waals surface area contributed by atoms with Crippen LogP contribution >= 0.6 is 0 Å². The maximum Gasteiger partial charge on any atom is 0.355 e. The van der Waals surface area contributed by atoms with Crippen LogP contribution in [-0.4, -0.2) is 51.6 Å². The summed E-state index contributed by atoms with van der Waals surface area (Å²) in [4.78, 5) is 56.7. The van der Waals surface area contributed by atoms with E-state index in [-0.39, 0.29) is 54.6 Å². The molecule has 3 N–H and O–H groups in total. The summed E-state index contributed by atoms with van der Waals surface area (Å²) < 4.78 is 12.7. The number of carbonyl (C=O) groups excluding carboxylic acids is 3. The van der Waals surface area contributed by atoms with Crippen LogP contribution in [0.4, 0.5) is 0 Å². The Bertz CT molecular complexity index is 1610. The fourth-order valence-electron chi connectivity index (χ4n) is 5.47. The van der Waals surface area contributed by atoms with E-state index in [1.54, 1.807) is 35.8 Å². The van der Waals surface area contributed by atoms with Crippen LogP contribution in [0.15, 0.2) is 29.1 Å². The summed E-state index contributed by atoms with van der Waals surface area (Å²) in [7, 11) is 0. The number of amides is 1. The Hall–Kier alpha value is -4.25. The summed E-state index contributed by atoms with van der Waals surface area (Å²) in [6.45, 7) is 7.06. The Labute approximate surface area is 230 Å². The Morgan fingerprint density at radius 1 is 1.18 bits per heavy atom. The van der Waals surface area contributed by atoms with Gasteiger partial charge in [-0.05, 0) is 42.7 Å². The molecule has 0 unspecified atom stereocenters. The lowest BCUT2D eigenvalue weighted by Crippen LogP contribution is -2.49. The van der Waals surface area contributed by atoms with E-state index < -0.39 is 30.0 Å². The molecule has 1 aromatic carbocycles. The molecule has 0 bridgehead atoms. The van der Waals surface area contributed by atoms with Crippen molar-refractivity contribution in [3.05, 3.63) is 56.9 Å². The maximum absolute atomic E-state index is 13.8. The predicted octanol–water partition coefficient (Wildman–Crippen LogP) is 2.01. The minimum absolute atomic E-state index is 0.0216. The summed E-state index contributed by atoms with van der Waals surface area (Å²) in [5, 5.41) is 16.3. The molecule has 0 fully saturated rings. The average Bonchev–Trinajstić information content (AvgIpc) is 3.29. The zero-order chi connectivity index (χ0) is 28.8.